The zero-order valence-corrected chi connectivity index (χ0v) is 10.7. The van der Waals surface area contributed by atoms with Gasteiger partial charge in [-0.25, -0.2) is 4.79 Å². The summed E-state index contributed by atoms with van der Waals surface area (Å²) in [5, 5.41) is 0. The maximum Gasteiger partial charge on any atom is 0.508 e. The molecular formula is C10H19ClO5. The van der Waals surface area contributed by atoms with Crippen molar-refractivity contribution in [1.29, 1.82) is 0 Å². The van der Waals surface area contributed by atoms with Crippen LogP contribution in [0, 0.1) is 0 Å². The third-order valence-corrected chi connectivity index (χ3v) is 2.08. The Morgan fingerprint density at radius 2 is 1.94 bits per heavy atom. The number of hydrogen-bond acceptors (Lipinski definition) is 5. The van der Waals surface area contributed by atoms with Crippen molar-refractivity contribution in [2.45, 2.75) is 26.1 Å². The molecule has 0 saturated heterocycles. The van der Waals surface area contributed by atoms with E-state index in [0.717, 1.165) is 0 Å². The Labute approximate surface area is 101 Å². The van der Waals surface area contributed by atoms with Crippen LogP contribution < -0.4 is 0 Å². The van der Waals surface area contributed by atoms with Crippen LogP contribution in [-0.4, -0.2) is 51.2 Å². The molecule has 0 aliphatic carbocycles. The molecule has 0 spiro atoms. The summed E-state index contributed by atoms with van der Waals surface area (Å²) in [6, 6.07) is 0. The lowest BCUT2D eigenvalue weighted by atomic mass is 10.4. The smallest absolute Gasteiger partial charge is 0.432 e. The van der Waals surface area contributed by atoms with Crippen molar-refractivity contribution in [3.05, 3.63) is 0 Å². The lowest BCUT2D eigenvalue weighted by Crippen LogP contribution is -2.23. The van der Waals surface area contributed by atoms with Gasteiger partial charge in [-0.05, 0) is 13.8 Å². The van der Waals surface area contributed by atoms with Crippen molar-refractivity contribution in [3.8, 4) is 0 Å². The number of ether oxygens (including phenoxy) is 4. The van der Waals surface area contributed by atoms with Crippen molar-refractivity contribution in [2.75, 3.05) is 32.8 Å². The van der Waals surface area contributed by atoms with E-state index in [4.69, 9.17) is 30.5 Å². The quantitative estimate of drug-likeness (QED) is 0.376. The molecule has 96 valence electrons. The number of carbonyl (C=O) groups is 1. The van der Waals surface area contributed by atoms with Gasteiger partial charge < -0.3 is 18.9 Å². The van der Waals surface area contributed by atoms with Gasteiger partial charge in [-0.3, -0.25) is 0 Å². The fourth-order valence-corrected chi connectivity index (χ4v) is 0.859. The van der Waals surface area contributed by atoms with E-state index in [1.165, 1.54) is 0 Å². The van der Waals surface area contributed by atoms with Gasteiger partial charge >= 0.3 is 6.16 Å². The number of hydrogen-bond donors (Lipinski definition) is 0. The zero-order valence-electron chi connectivity index (χ0n) is 9.90. The molecule has 0 N–H and O–H groups in total. The summed E-state index contributed by atoms with van der Waals surface area (Å²) >= 11 is 5.47. The Kier molecular flexibility index (Phi) is 9.37. The monoisotopic (exact) mass is 254 g/mol. The van der Waals surface area contributed by atoms with Gasteiger partial charge in [0, 0.05) is 7.11 Å². The molecule has 2 unspecified atom stereocenters. The van der Waals surface area contributed by atoms with Gasteiger partial charge in [0.15, 0.2) is 0 Å². The molecule has 0 heterocycles. The van der Waals surface area contributed by atoms with E-state index >= 15 is 0 Å². The van der Waals surface area contributed by atoms with Crippen LogP contribution in [0.2, 0.25) is 0 Å². The van der Waals surface area contributed by atoms with Crippen LogP contribution in [0.3, 0.4) is 0 Å². The fraction of sp³-hybridized carbons (Fsp3) is 0.900. The van der Waals surface area contributed by atoms with Crippen LogP contribution in [-0.2, 0) is 18.9 Å². The second-order valence-corrected chi connectivity index (χ2v) is 3.63. The van der Waals surface area contributed by atoms with Crippen LogP contribution >= 0.6 is 11.6 Å². The molecule has 5 nitrogen and oxygen atoms in total. The molecule has 0 radical (unpaired) electrons. The first-order valence-electron chi connectivity index (χ1n) is 5.10. The van der Waals surface area contributed by atoms with Crippen LogP contribution in [0.15, 0.2) is 0 Å². The first kappa shape index (κ1) is 15.5. The van der Waals surface area contributed by atoms with Gasteiger partial charge in [-0.1, -0.05) is 0 Å². The van der Waals surface area contributed by atoms with Crippen LogP contribution in [0.4, 0.5) is 4.79 Å². The lowest BCUT2D eigenvalue weighted by Gasteiger charge is -2.14. The van der Waals surface area contributed by atoms with Crippen molar-refractivity contribution in [2.24, 2.45) is 0 Å². The normalized spacial score (nSPS) is 14.2. The molecule has 2 atom stereocenters. The van der Waals surface area contributed by atoms with Crippen LogP contribution in [0.25, 0.3) is 0 Å². The molecule has 0 aliphatic heterocycles. The van der Waals surface area contributed by atoms with Gasteiger partial charge in [0.25, 0.3) is 0 Å². The number of rotatable bonds is 8. The van der Waals surface area contributed by atoms with Gasteiger partial charge in [-0.15, -0.1) is 11.6 Å². The van der Waals surface area contributed by atoms with Crippen LogP contribution in [0.1, 0.15) is 13.8 Å². The largest absolute Gasteiger partial charge is 0.508 e. The second kappa shape index (κ2) is 9.69. The molecule has 0 fully saturated rings. The molecule has 0 aliphatic rings. The standard InChI is InChI=1S/C10H19ClO5/c1-8(6-11)16-10(12)15-7-9(2)14-5-4-13-3/h8-9H,4-7H2,1-3H3. The lowest BCUT2D eigenvalue weighted by molar-refractivity contribution is -0.0276. The molecule has 0 amide bonds. The predicted octanol–water partition coefficient (Wildman–Crippen LogP) is 1.82. The minimum absolute atomic E-state index is 0.150. The summed E-state index contributed by atoms with van der Waals surface area (Å²) in [6.45, 7) is 4.62. The van der Waals surface area contributed by atoms with E-state index in [2.05, 4.69) is 0 Å². The summed E-state index contributed by atoms with van der Waals surface area (Å²) in [6.07, 6.45) is -1.26. The Morgan fingerprint density at radius 3 is 2.50 bits per heavy atom. The molecule has 0 rings (SSSR count). The molecule has 6 heteroatoms. The average molecular weight is 255 g/mol. The molecule has 0 aromatic rings. The highest BCUT2D eigenvalue weighted by molar-refractivity contribution is 6.18. The Morgan fingerprint density at radius 1 is 1.25 bits per heavy atom. The highest BCUT2D eigenvalue weighted by atomic mass is 35.5. The number of alkyl halides is 1. The predicted molar refractivity (Wildman–Crippen MR) is 59.9 cm³/mol. The minimum Gasteiger partial charge on any atom is -0.432 e. The minimum atomic E-state index is -0.727. The van der Waals surface area contributed by atoms with Crippen molar-refractivity contribution >= 4 is 17.8 Å². The summed E-state index contributed by atoms with van der Waals surface area (Å²) in [7, 11) is 1.59. The Hall–Kier alpha value is -0.520. The molecule has 0 bridgehead atoms. The maximum absolute atomic E-state index is 11.1. The first-order valence-corrected chi connectivity index (χ1v) is 5.63. The maximum atomic E-state index is 11.1. The molecule has 16 heavy (non-hydrogen) atoms. The van der Waals surface area contributed by atoms with E-state index in [-0.39, 0.29) is 24.7 Å². The van der Waals surface area contributed by atoms with E-state index in [1.54, 1.807) is 21.0 Å². The van der Waals surface area contributed by atoms with Crippen molar-refractivity contribution < 1.29 is 23.7 Å². The highest BCUT2D eigenvalue weighted by Crippen LogP contribution is 1.99. The topological polar surface area (TPSA) is 54.0 Å². The molecule has 0 saturated carbocycles. The molecular weight excluding hydrogens is 236 g/mol. The van der Waals surface area contributed by atoms with E-state index in [0.29, 0.717) is 13.2 Å². The average Bonchev–Trinajstić information content (AvgIpc) is 2.26. The number of halogens is 1. The summed E-state index contributed by atoms with van der Waals surface area (Å²) in [4.78, 5) is 11.1. The summed E-state index contributed by atoms with van der Waals surface area (Å²) in [5.41, 5.74) is 0. The van der Waals surface area contributed by atoms with Gasteiger partial charge in [0.05, 0.1) is 25.2 Å². The zero-order chi connectivity index (χ0) is 12.4. The van der Waals surface area contributed by atoms with Crippen LogP contribution in [0.5, 0.6) is 0 Å². The van der Waals surface area contributed by atoms with E-state index in [9.17, 15) is 4.79 Å². The van der Waals surface area contributed by atoms with E-state index in [1.807, 2.05) is 0 Å². The second-order valence-electron chi connectivity index (χ2n) is 3.32. The molecule has 0 aromatic heterocycles. The SMILES string of the molecule is COCCOC(C)COC(=O)OC(C)CCl. The van der Waals surface area contributed by atoms with Gasteiger partial charge in [0.2, 0.25) is 0 Å². The van der Waals surface area contributed by atoms with Gasteiger partial charge in [0.1, 0.15) is 12.7 Å². The van der Waals surface area contributed by atoms with Gasteiger partial charge in [-0.2, -0.15) is 0 Å². The van der Waals surface area contributed by atoms with Crippen molar-refractivity contribution in [3.63, 3.8) is 0 Å². The number of carbonyl (C=O) groups excluding carboxylic acids is 1. The number of methoxy groups -OCH3 is 1. The van der Waals surface area contributed by atoms with E-state index < -0.39 is 6.16 Å². The third-order valence-electron chi connectivity index (χ3n) is 1.64. The molecule has 0 aromatic carbocycles. The Bertz CT molecular complexity index is 188. The highest BCUT2D eigenvalue weighted by Gasteiger charge is 2.11. The first-order chi connectivity index (χ1) is 7.60. The summed E-state index contributed by atoms with van der Waals surface area (Å²) in [5.74, 6) is 0.245. The summed E-state index contributed by atoms with van der Waals surface area (Å²) < 4.78 is 19.7. The fourth-order valence-electron chi connectivity index (χ4n) is 0.796. The third kappa shape index (κ3) is 8.76. The van der Waals surface area contributed by atoms with Crippen molar-refractivity contribution in [1.82, 2.24) is 0 Å². The Balaban J connectivity index is 3.51.